The maximum Gasteiger partial charge on any atom is 0.237 e. The molecular weight excluding hydrogens is 480 g/mol. The minimum atomic E-state index is -0.299. The van der Waals surface area contributed by atoms with E-state index in [0.29, 0.717) is 22.2 Å². The van der Waals surface area contributed by atoms with E-state index in [9.17, 15) is 10.1 Å². The third-order valence-electron chi connectivity index (χ3n) is 5.61. The van der Waals surface area contributed by atoms with Gasteiger partial charge in [-0.3, -0.25) is 10.1 Å². The van der Waals surface area contributed by atoms with Crippen LogP contribution in [0.15, 0.2) is 107 Å². The van der Waals surface area contributed by atoms with Gasteiger partial charge in [0.25, 0.3) is 0 Å². The predicted octanol–water partition coefficient (Wildman–Crippen LogP) is 6.98. The van der Waals surface area contributed by atoms with Crippen LogP contribution in [0.4, 0.5) is 5.88 Å². The first kappa shape index (κ1) is 24.0. The molecule has 6 nitrogen and oxygen atoms in total. The monoisotopic (exact) mass is 502 g/mol. The molecule has 0 aliphatic carbocycles. The van der Waals surface area contributed by atoms with Crippen molar-refractivity contribution in [2.24, 2.45) is 0 Å². The lowest BCUT2D eigenvalue weighted by atomic mass is 9.98. The fraction of sp³-hybridized carbons (Fsp3) is 0.0667. The fourth-order valence-electron chi connectivity index (χ4n) is 3.97. The minimum absolute atomic E-state index is 0.0948. The quantitative estimate of drug-likeness (QED) is 0.191. The van der Waals surface area contributed by atoms with Gasteiger partial charge in [0.15, 0.2) is 0 Å². The molecule has 0 radical (unpaired) electrons. The summed E-state index contributed by atoms with van der Waals surface area (Å²) in [5, 5.41) is 13.5. The topological polar surface area (TPSA) is 91.8 Å². The van der Waals surface area contributed by atoms with E-state index in [1.54, 1.807) is 0 Å². The number of carbonyl (C=O) groups is 1. The van der Waals surface area contributed by atoms with E-state index >= 15 is 0 Å². The molecule has 2 heterocycles. The van der Waals surface area contributed by atoms with Crippen LogP contribution in [0.2, 0.25) is 0 Å². The molecule has 0 unspecified atom stereocenters. The lowest BCUT2D eigenvalue weighted by molar-refractivity contribution is -0.113. The zero-order valence-electron chi connectivity index (χ0n) is 20.0. The predicted molar refractivity (Wildman–Crippen MR) is 146 cm³/mol. The first-order valence-corrected chi connectivity index (χ1v) is 12.6. The number of benzene rings is 3. The van der Waals surface area contributed by atoms with Gasteiger partial charge in [-0.1, -0.05) is 103 Å². The van der Waals surface area contributed by atoms with Gasteiger partial charge >= 0.3 is 0 Å². The second kappa shape index (κ2) is 10.9. The normalized spacial score (nSPS) is 10.6. The second-order valence-electron chi connectivity index (χ2n) is 8.20. The summed E-state index contributed by atoms with van der Waals surface area (Å²) in [6.07, 6.45) is 0. The smallest absolute Gasteiger partial charge is 0.237 e. The van der Waals surface area contributed by atoms with E-state index in [2.05, 4.69) is 21.4 Å². The summed E-state index contributed by atoms with van der Waals surface area (Å²) < 4.78 is 6.11. The van der Waals surface area contributed by atoms with Gasteiger partial charge in [0.05, 0.1) is 11.4 Å². The highest BCUT2D eigenvalue weighted by atomic mass is 32.2. The Morgan fingerprint density at radius 1 is 0.892 bits per heavy atom. The molecule has 0 fully saturated rings. The molecule has 0 spiro atoms. The molecule has 0 saturated heterocycles. The Labute approximate surface area is 219 Å². The highest BCUT2D eigenvalue weighted by molar-refractivity contribution is 7.99. The maximum atomic E-state index is 12.9. The first-order valence-electron chi connectivity index (χ1n) is 11.6. The number of carbonyl (C=O) groups excluding carboxylic acids is 1. The molecule has 0 aliphatic rings. The van der Waals surface area contributed by atoms with E-state index in [-0.39, 0.29) is 23.1 Å². The number of hydrogen-bond acceptors (Lipinski definition) is 6. The van der Waals surface area contributed by atoms with Crippen LogP contribution in [0.25, 0.3) is 33.7 Å². The van der Waals surface area contributed by atoms with E-state index in [1.807, 2.05) is 104 Å². The average Bonchev–Trinajstić information content (AvgIpc) is 3.31. The van der Waals surface area contributed by atoms with Gasteiger partial charge in [-0.2, -0.15) is 5.26 Å². The van der Waals surface area contributed by atoms with E-state index in [4.69, 9.17) is 4.42 Å². The van der Waals surface area contributed by atoms with Crippen molar-refractivity contribution >= 4 is 23.6 Å². The molecule has 1 amide bonds. The molecule has 3 aromatic carbocycles. The van der Waals surface area contributed by atoms with Crippen molar-refractivity contribution in [3.63, 3.8) is 0 Å². The number of thioether (sulfide) groups is 1. The van der Waals surface area contributed by atoms with Gasteiger partial charge in [-0.25, -0.2) is 9.97 Å². The van der Waals surface area contributed by atoms with Gasteiger partial charge in [0.1, 0.15) is 28.2 Å². The molecule has 0 bridgehead atoms. The lowest BCUT2D eigenvalue weighted by Gasteiger charge is -2.06. The van der Waals surface area contributed by atoms with Crippen LogP contribution in [0.1, 0.15) is 11.4 Å². The molecule has 0 aliphatic heterocycles. The van der Waals surface area contributed by atoms with Crippen molar-refractivity contribution in [1.82, 2.24) is 9.97 Å². The van der Waals surface area contributed by atoms with Gasteiger partial charge in [0, 0.05) is 16.7 Å². The van der Waals surface area contributed by atoms with E-state index in [1.165, 1.54) is 11.8 Å². The average molecular weight is 503 g/mol. The molecule has 0 atom stereocenters. The maximum absolute atomic E-state index is 12.9. The van der Waals surface area contributed by atoms with Crippen LogP contribution < -0.4 is 5.32 Å². The summed E-state index contributed by atoms with van der Waals surface area (Å²) in [5.74, 6) is 1.09. The highest BCUT2D eigenvalue weighted by Gasteiger charge is 2.24. The summed E-state index contributed by atoms with van der Waals surface area (Å²) in [6, 6.07) is 33.0. The molecule has 180 valence electrons. The van der Waals surface area contributed by atoms with Crippen molar-refractivity contribution in [2.45, 2.75) is 11.9 Å². The van der Waals surface area contributed by atoms with E-state index < -0.39 is 0 Å². The van der Waals surface area contributed by atoms with Crippen molar-refractivity contribution < 1.29 is 9.21 Å². The summed E-state index contributed by atoms with van der Waals surface area (Å²) in [6.45, 7) is 1.83. The lowest BCUT2D eigenvalue weighted by Crippen LogP contribution is -2.14. The van der Waals surface area contributed by atoms with Crippen molar-refractivity contribution in [2.75, 3.05) is 11.1 Å². The van der Waals surface area contributed by atoms with Crippen molar-refractivity contribution in [1.29, 1.82) is 5.26 Å². The third-order valence-corrected chi connectivity index (χ3v) is 6.52. The largest absolute Gasteiger partial charge is 0.438 e. The molecule has 5 rings (SSSR count). The van der Waals surface area contributed by atoms with Gasteiger partial charge in [0.2, 0.25) is 11.8 Å². The SMILES string of the molecule is Cc1nc(SCC(=O)Nc2oc(-c3ccccc3)c(-c3ccccc3)c2C#N)cc(-c2ccccc2)n1. The molecule has 37 heavy (non-hydrogen) atoms. The van der Waals surface area contributed by atoms with Crippen LogP contribution in [0, 0.1) is 18.3 Å². The van der Waals surface area contributed by atoms with Gasteiger partial charge in [-0.15, -0.1) is 0 Å². The summed E-state index contributed by atoms with van der Waals surface area (Å²) in [5.41, 5.74) is 4.37. The van der Waals surface area contributed by atoms with Gasteiger partial charge in [-0.05, 0) is 18.6 Å². The molecule has 1 N–H and O–H groups in total. The Kier molecular flexibility index (Phi) is 7.11. The summed E-state index contributed by atoms with van der Waals surface area (Å²) in [4.78, 5) is 21.9. The Hall–Kier alpha value is -4.67. The minimum Gasteiger partial charge on any atom is -0.438 e. The van der Waals surface area contributed by atoms with Gasteiger partial charge < -0.3 is 4.42 Å². The zero-order chi connectivity index (χ0) is 25.6. The number of hydrogen-bond donors (Lipinski definition) is 1. The Morgan fingerprint density at radius 3 is 2.11 bits per heavy atom. The molecular formula is C30H22N4O2S. The molecule has 2 aromatic heterocycles. The molecule has 7 heteroatoms. The van der Waals surface area contributed by atoms with Crippen LogP contribution in [-0.4, -0.2) is 21.6 Å². The number of aryl methyl sites for hydroxylation is 1. The Balaban J connectivity index is 1.40. The number of nitriles is 1. The second-order valence-corrected chi connectivity index (χ2v) is 9.19. The van der Waals surface area contributed by atoms with E-state index in [0.717, 1.165) is 22.4 Å². The first-order chi connectivity index (χ1) is 18.1. The number of nitrogens with one attached hydrogen (secondary N) is 1. The summed E-state index contributed by atoms with van der Waals surface area (Å²) in [7, 11) is 0. The molecule has 5 aromatic rings. The number of furan rings is 1. The number of anilines is 1. The third kappa shape index (κ3) is 5.45. The standard InChI is InChI=1S/C30H22N4O2S/c1-20-32-25(21-11-5-2-6-12-21)17-27(33-20)37-19-26(35)34-30-24(18-31)28(22-13-7-3-8-14-22)29(36-30)23-15-9-4-10-16-23/h2-17H,19H2,1H3,(H,34,35). The Bertz CT molecular complexity index is 1580. The zero-order valence-corrected chi connectivity index (χ0v) is 20.8. The number of nitrogens with zero attached hydrogens (tertiary/aromatic N) is 3. The van der Waals surface area contributed by atoms with Crippen LogP contribution >= 0.6 is 11.8 Å². The molecule has 0 saturated carbocycles. The van der Waals surface area contributed by atoms with Crippen molar-refractivity contribution in [3.8, 4) is 39.8 Å². The highest BCUT2D eigenvalue weighted by Crippen LogP contribution is 2.41. The number of amides is 1. The summed E-state index contributed by atoms with van der Waals surface area (Å²) >= 11 is 1.30. The number of aromatic nitrogens is 2. The van der Waals surface area contributed by atoms with Crippen LogP contribution in [0.5, 0.6) is 0 Å². The Morgan fingerprint density at radius 2 is 1.49 bits per heavy atom. The number of rotatable bonds is 7. The van der Waals surface area contributed by atoms with Crippen LogP contribution in [-0.2, 0) is 4.79 Å². The van der Waals surface area contributed by atoms with Crippen molar-refractivity contribution in [3.05, 3.63) is 108 Å². The fourth-order valence-corrected chi connectivity index (χ4v) is 4.71. The van der Waals surface area contributed by atoms with Crippen LogP contribution in [0.3, 0.4) is 0 Å².